The van der Waals surface area contributed by atoms with Crippen LogP contribution in [0, 0.1) is 23.7 Å². The van der Waals surface area contributed by atoms with Gasteiger partial charge in [-0.1, -0.05) is 53.6 Å². The van der Waals surface area contributed by atoms with Crippen LogP contribution < -0.4 is 0 Å². The molecule has 0 aliphatic rings. The fraction of sp³-hybridized carbons (Fsp3) is 0.0345. The summed E-state index contributed by atoms with van der Waals surface area (Å²) in [7, 11) is 0. The Hall–Kier alpha value is -4.05. The second-order valence-electron chi connectivity index (χ2n) is 6.98. The lowest BCUT2D eigenvalue weighted by molar-refractivity contribution is -0.109. The highest BCUT2D eigenvalue weighted by Crippen LogP contribution is 2.24. The molecule has 0 spiro atoms. The van der Waals surface area contributed by atoms with Crippen LogP contribution in [0.1, 0.15) is 29.2 Å². The second-order valence-corrected chi connectivity index (χ2v) is 8.23. The molecule has 0 unspecified atom stereocenters. The molecule has 3 heteroatoms. The van der Waals surface area contributed by atoms with E-state index in [1.807, 2.05) is 78.9 Å². The van der Waals surface area contributed by atoms with E-state index in [9.17, 15) is 4.79 Å². The zero-order chi connectivity index (χ0) is 22.2. The molecule has 0 N–H and O–H groups in total. The van der Waals surface area contributed by atoms with Crippen LogP contribution in [-0.4, -0.2) is 10.1 Å². The summed E-state index contributed by atoms with van der Waals surface area (Å²) in [5.41, 5.74) is 5.78. The van der Waals surface area contributed by atoms with Crippen molar-refractivity contribution in [1.29, 1.82) is 0 Å². The van der Waals surface area contributed by atoms with Crippen molar-refractivity contribution >= 4 is 16.9 Å². The van der Waals surface area contributed by atoms with E-state index in [1.54, 1.807) is 19.3 Å². The molecule has 0 amide bonds. The first-order chi connectivity index (χ1) is 15.7. The number of thioether (sulfide) groups is 1. The summed E-state index contributed by atoms with van der Waals surface area (Å²) in [4.78, 5) is 16.3. The predicted octanol–water partition coefficient (Wildman–Crippen LogP) is 6.19. The van der Waals surface area contributed by atoms with Gasteiger partial charge in [-0.3, -0.25) is 9.78 Å². The molecule has 0 fully saturated rings. The lowest BCUT2D eigenvalue weighted by Crippen LogP contribution is -1.88. The van der Waals surface area contributed by atoms with E-state index < -0.39 is 0 Å². The molecule has 3 aromatic carbocycles. The van der Waals surface area contributed by atoms with Crippen LogP contribution in [0.25, 0.3) is 11.1 Å². The normalized spacial score (nSPS) is 9.78. The van der Waals surface area contributed by atoms with Crippen molar-refractivity contribution in [3.63, 3.8) is 0 Å². The van der Waals surface area contributed by atoms with Gasteiger partial charge in [-0.15, -0.1) is 0 Å². The van der Waals surface area contributed by atoms with Crippen LogP contribution in [0.4, 0.5) is 0 Å². The maximum absolute atomic E-state index is 11.3. The minimum absolute atomic E-state index is 0.0706. The Kier molecular flexibility index (Phi) is 6.83. The van der Waals surface area contributed by atoms with E-state index in [1.165, 1.54) is 11.8 Å². The van der Waals surface area contributed by atoms with Crippen molar-refractivity contribution in [3.05, 3.63) is 120 Å². The van der Waals surface area contributed by atoms with Gasteiger partial charge in [-0.05, 0) is 77.9 Å². The van der Waals surface area contributed by atoms with Crippen LogP contribution in [0.2, 0.25) is 0 Å². The third-order valence-electron chi connectivity index (χ3n) is 4.59. The molecule has 0 radical (unpaired) electrons. The third kappa shape index (κ3) is 5.76. The number of carbonyl (C=O) groups is 1. The molecule has 0 saturated carbocycles. The molecule has 1 aromatic heterocycles. The molecule has 152 valence electrons. The standard InChI is InChI=1S/C29H19NOS/c1-22(31)32-28-15-11-24(12-16-28)9-13-26-14-10-25(8-7-23-5-3-2-4-6-23)21-29(26)27-17-19-30-20-18-27/h2-6,10-12,14-21H,1H3. The largest absolute Gasteiger partial charge is 0.287 e. The maximum Gasteiger partial charge on any atom is 0.190 e. The highest BCUT2D eigenvalue weighted by Gasteiger charge is 2.05. The summed E-state index contributed by atoms with van der Waals surface area (Å²) in [5, 5.41) is 0.0706. The van der Waals surface area contributed by atoms with Gasteiger partial charge in [0.15, 0.2) is 5.12 Å². The molecule has 0 saturated heterocycles. The molecule has 2 nitrogen and oxygen atoms in total. The Balaban J connectivity index is 1.67. The van der Waals surface area contributed by atoms with Gasteiger partial charge in [-0.2, -0.15) is 0 Å². The quantitative estimate of drug-likeness (QED) is 0.281. The highest BCUT2D eigenvalue weighted by atomic mass is 32.2. The van der Waals surface area contributed by atoms with Crippen LogP contribution in [0.15, 0.2) is 102 Å². The smallest absolute Gasteiger partial charge is 0.190 e. The topological polar surface area (TPSA) is 30.0 Å². The lowest BCUT2D eigenvalue weighted by Gasteiger charge is -2.06. The average Bonchev–Trinajstić information content (AvgIpc) is 2.83. The van der Waals surface area contributed by atoms with Crippen molar-refractivity contribution in [3.8, 4) is 34.8 Å². The van der Waals surface area contributed by atoms with Crippen molar-refractivity contribution in [1.82, 2.24) is 4.98 Å². The molecular formula is C29H19NOS. The Morgan fingerprint density at radius 2 is 1.34 bits per heavy atom. The zero-order valence-corrected chi connectivity index (χ0v) is 18.3. The van der Waals surface area contributed by atoms with E-state index in [-0.39, 0.29) is 5.12 Å². The zero-order valence-electron chi connectivity index (χ0n) is 17.5. The number of aromatic nitrogens is 1. The number of rotatable bonds is 2. The SMILES string of the molecule is CC(=O)Sc1ccc(C#Cc2ccc(C#Cc3ccccc3)cc2-c2ccncc2)cc1. The number of hydrogen-bond acceptors (Lipinski definition) is 3. The Labute approximate surface area is 192 Å². The van der Waals surface area contributed by atoms with E-state index in [0.717, 1.165) is 38.3 Å². The highest BCUT2D eigenvalue weighted by molar-refractivity contribution is 8.13. The van der Waals surface area contributed by atoms with Gasteiger partial charge >= 0.3 is 0 Å². The van der Waals surface area contributed by atoms with E-state index in [2.05, 4.69) is 34.7 Å². The molecule has 0 atom stereocenters. The molecule has 4 rings (SSSR count). The fourth-order valence-electron chi connectivity index (χ4n) is 3.08. The summed E-state index contributed by atoms with van der Waals surface area (Å²) < 4.78 is 0. The molecule has 1 heterocycles. The first-order valence-electron chi connectivity index (χ1n) is 10.1. The van der Waals surface area contributed by atoms with Crippen LogP contribution in [0.5, 0.6) is 0 Å². The minimum atomic E-state index is 0.0706. The molecule has 0 aliphatic carbocycles. The maximum atomic E-state index is 11.3. The molecule has 0 aliphatic heterocycles. The number of nitrogens with zero attached hydrogens (tertiary/aromatic N) is 1. The van der Waals surface area contributed by atoms with Crippen LogP contribution in [0.3, 0.4) is 0 Å². The van der Waals surface area contributed by atoms with Crippen LogP contribution >= 0.6 is 11.8 Å². The third-order valence-corrected chi connectivity index (χ3v) is 5.39. The predicted molar refractivity (Wildman–Crippen MR) is 131 cm³/mol. The van der Waals surface area contributed by atoms with Crippen molar-refractivity contribution in [2.45, 2.75) is 11.8 Å². The molecule has 32 heavy (non-hydrogen) atoms. The van der Waals surface area contributed by atoms with E-state index >= 15 is 0 Å². The van der Waals surface area contributed by atoms with Gasteiger partial charge in [-0.25, -0.2) is 0 Å². The van der Waals surface area contributed by atoms with Gasteiger partial charge in [0, 0.05) is 46.5 Å². The first kappa shape index (κ1) is 21.2. The molecular weight excluding hydrogens is 410 g/mol. The summed E-state index contributed by atoms with van der Waals surface area (Å²) in [6, 6.07) is 27.7. The molecule has 4 aromatic rings. The minimum Gasteiger partial charge on any atom is -0.287 e. The monoisotopic (exact) mass is 429 g/mol. The Bertz CT molecular complexity index is 1350. The summed E-state index contributed by atoms with van der Waals surface area (Å²) in [6.07, 6.45) is 3.56. The second kappa shape index (κ2) is 10.3. The van der Waals surface area contributed by atoms with Crippen LogP contribution in [-0.2, 0) is 4.79 Å². The number of hydrogen-bond donors (Lipinski definition) is 0. The van der Waals surface area contributed by atoms with Crippen molar-refractivity contribution < 1.29 is 4.79 Å². The van der Waals surface area contributed by atoms with Gasteiger partial charge in [0.05, 0.1) is 0 Å². The summed E-state index contributed by atoms with van der Waals surface area (Å²) in [5.74, 6) is 13.0. The number of carbonyl (C=O) groups excluding carboxylic acids is 1. The van der Waals surface area contributed by atoms with E-state index in [0.29, 0.717) is 0 Å². The Morgan fingerprint density at radius 1 is 0.719 bits per heavy atom. The van der Waals surface area contributed by atoms with Crippen molar-refractivity contribution in [2.75, 3.05) is 0 Å². The summed E-state index contributed by atoms with van der Waals surface area (Å²) >= 11 is 1.22. The lowest BCUT2D eigenvalue weighted by atomic mass is 9.98. The molecule has 0 bridgehead atoms. The van der Waals surface area contributed by atoms with Gasteiger partial charge in [0.1, 0.15) is 0 Å². The van der Waals surface area contributed by atoms with E-state index in [4.69, 9.17) is 0 Å². The van der Waals surface area contributed by atoms with Gasteiger partial charge in [0.25, 0.3) is 0 Å². The summed E-state index contributed by atoms with van der Waals surface area (Å²) in [6.45, 7) is 1.56. The first-order valence-corrected chi connectivity index (χ1v) is 10.9. The number of pyridine rings is 1. The fourth-order valence-corrected chi connectivity index (χ4v) is 3.68. The van der Waals surface area contributed by atoms with Crippen molar-refractivity contribution in [2.24, 2.45) is 0 Å². The average molecular weight is 430 g/mol. The van der Waals surface area contributed by atoms with Gasteiger partial charge < -0.3 is 0 Å². The van der Waals surface area contributed by atoms with Gasteiger partial charge in [0.2, 0.25) is 0 Å². The number of benzene rings is 3. The Morgan fingerprint density at radius 3 is 2.06 bits per heavy atom.